The van der Waals surface area contributed by atoms with E-state index in [4.69, 9.17) is 4.74 Å². The van der Waals surface area contributed by atoms with Crippen molar-refractivity contribution in [2.45, 2.75) is 57.9 Å². The average Bonchev–Trinajstić information content (AvgIpc) is 2.77. The van der Waals surface area contributed by atoms with Crippen molar-refractivity contribution in [3.63, 3.8) is 0 Å². The minimum absolute atomic E-state index is 0.0381. The summed E-state index contributed by atoms with van der Waals surface area (Å²) in [5.74, 6) is -0.0381. The van der Waals surface area contributed by atoms with Crippen LogP contribution in [0.1, 0.15) is 51.9 Å². The van der Waals surface area contributed by atoms with Crippen LogP contribution >= 0.6 is 0 Å². The van der Waals surface area contributed by atoms with E-state index >= 15 is 0 Å². The van der Waals surface area contributed by atoms with Crippen molar-refractivity contribution in [1.29, 1.82) is 0 Å². The summed E-state index contributed by atoms with van der Waals surface area (Å²) >= 11 is 0. The molecule has 2 heterocycles. The molecule has 4 heteroatoms. The van der Waals surface area contributed by atoms with Crippen molar-refractivity contribution >= 4 is 5.97 Å². The molecule has 0 aliphatic carbocycles. The van der Waals surface area contributed by atoms with Gasteiger partial charge in [0.2, 0.25) is 0 Å². The van der Waals surface area contributed by atoms with Crippen LogP contribution in [0.3, 0.4) is 0 Å². The van der Waals surface area contributed by atoms with E-state index in [1.54, 1.807) is 0 Å². The minimum Gasteiger partial charge on any atom is -0.466 e. The van der Waals surface area contributed by atoms with Gasteiger partial charge in [0.05, 0.1) is 6.61 Å². The molecular weight excluding hydrogens is 252 g/mol. The first-order valence-electron chi connectivity index (χ1n) is 8.41. The first-order chi connectivity index (χ1) is 9.79. The van der Waals surface area contributed by atoms with Crippen LogP contribution in [0.4, 0.5) is 0 Å². The van der Waals surface area contributed by atoms with Gasteiger partial charge in [-0.1, -0.05) is 6.42 Å². The number of hydrogen-bond acceptors (Lipinski definition) is 4. The maximum Gasteiger partial charge on any atom is 0.305 e. The van der Waals surface area contributed by atoms with Gasteiger partial charge in [-0.15, -0.1) is 0 Å². The van der Waals surface area contributed by atoms with Crippen molar-refractivity contribution in [2.75, 3.05) is 39.3 Å². The van der Waals surface area contributed by atoms with Crippen LogP contribution in [0.2, 0.25) is 0 Å². The summed E-state index contributed by atoms with van der Waals surface area (Å²) < 4.78 is 4.95. The SMILES string of the molecule is CCOC(=O)CCCCCN1CCCN2CCCC2C1. The number of fused-ring (bicyclic) bond motifs is 1. The van der Waals surface area contributed by atoms with E-state index in [0.29, 0.717) is 13.0 Å². The Bertz CT molecular complexity index is 296. The molecule has 0 saturated carbocycles. The number of unbranched alkanes of at least 4 members (excludes halogenated alkanes) is 2. The summed E-state index contributed by atoms with van der Waals surface area (Å²) in [6, 6.07) is 0.817. The van der Waals surface area contributed by atoms with Gasteiger partial charge in [0.15, 0.2) is 0 Å². The van der Waals surface area contributed by atoms with E-state index in [2.05, 4.69) is 9.80 Å². The van der Waals surface area contributed by atoms with Crippen LogP contribution in [-0.2, 0) is 9.53 Å². The molecule has 0 radical (unpaired) electrons. The van der Waals surface area contributed by atoms with Gasteiger partial charge in [-0.25, -0.2) is 0 Å². The standard InChI is InChI=1S/C16H30N2O2/c1-2-20-16(19)9-4-3-5-10-17-11-7-13-18-12-6-8-15(18)14-17/h15H,2-14H2,1H3. The zero-order chi connectivity index (χ0) is 14.2. The third kappa shape index (κ3) is 5.06. The minimum atomic E-state index is -0.0381. The summed E-state index contributed by atoms with van der Waals surface area (Å²) in [6.45, 7) is 8.70. The third-order valence-corrected chi connectivity index (χ3v) is 4.55. The molecule has 0 N–H and O–H groups in total. The molecule has 1 atom stereocenters. The highest BCUT2D eigenvalue weighted by molar-refractivity contribution is 5.69. The number of carbonyl (C=O) groups is 1. The second-order valence-electron chi connectivity index (χ2n) is 6.10. The van der Waals surface area contributed by atoms with Crippen molar-refractivity contribution in [1.82, 2.24) is 9.80 Å². The van der Waals surface area contributed by atoms with E-state index in [-0.39, 0.29) is 5.97 Å². The highest BCUT2D eigenvalue weighted by Gasteiger charge is 2.28. The fourth-order valence-electron chi connectivity index (χ4n) is 3.50. The van der Waals surface area contributed by atoms with E-state index in [0.717, 1.165) is 18.9 Å². The van der Waals surface area contributed by atoms with Gasteiger partial charge in [0.25, 0.3) is 0 Å². The predicted molar refractivity (Wildman–Crippen MR) is 80.8 cm³/mol. The molecule has 0 spiro atoms. The van der Waals surface area contributed by atoms with Gasteiger partial charge in [-0.05, 0) is 65.2 Å². The third-order valence-electron chi connectivity index (χ3n) is 4.55. The number of nitrogens with zero attached hydrogens (tertiary/aromatic N) is 2. The van der Waals surface area contributed by atoms with Crippen LogP contribution in [-0.4, -0.2) is 61.1 Å². The van der Waals surface area contributed by atoms with Gasteiger partial charge in [0.1, 0.15) is 0 Å². The Kier molecular flexibility index (Phi) is 6.80. The summed E-state index contributed by atoms with van der Waals surface area (Å²) in [5.41, 5.74) is 0. The van der Waals surface area contributed by atoms with Crippen LogP contribution in [0.15, 0.2) is 0 Å². The Hall–Kier alpha value is -0.610. The van der Waals surface area contributed by atoms with E-state index in [9.17, 15) is 4.79 Å². The summed E-state index contributed by atoms with van der Waals surface area (Å²) in [5, 5.41) is 0. The van der Waals surface area contributed by atoms with Crippen molar-refractivity contribution in [3.8, 4) is 0 Å². The lowest BCUT2D eigenvalue weighted by atomic mass is 10.1. The molecular formula is C16H30N2O2. The number of hydrogen-bond donors (Lipinski definition) is 0. The van der Waals surface area contributed by atoms with Crippen LogP contribution in [0, 0.1) is 0 Å². The van der Waals surface area contributed by atoms with Crippen LogP contribution in [0.25, 0.3) is 0 Å². The first-order valence-corrected chi connectivity index (χ1v) is 8.41. The fourth-order valence-corrected chi connectivity index (χ4v) is 3.50. The Labute approximate surface area is 123 Å². The summed E-state index contributed by atoms with van der Waals surface area (Å²) in [6.07, 6.45) is 8.01. The molecule has 0 aromatic carbocycles. The Morgan fingerprint density at radius 2 is 2.00 bits per heavy atom. The van der Waals surface area contributed by atoms with Gasteiger partial charge in [-0.3, -0.25) is 9.69 Å². The average molecular weight is 282 g/mol. The maximum absolute atomic E-state index is 11.2. The zero-order valence-corrected chi connectivity index (χ0v) is 13.0. The van der Waals surface area contributed by atoms with E-state index in [1.807, 2.05) is 6.92 Å². The lowest BCUT2D eigenvalue weighted by Crippen LogP contribution is -2.37. The normalized spacial score (nSPS) is 24.4. The lowest BCUT2D eigenvalue weighted by Gasteiger charge is -2.25. The first kappa shape index (κ1) is 15.8. The Morgan fingerprint density at radius 1 is 1.15 bits per heavy atom. The largest absolute Gasteiger partial charge is 0.466 e. The molecule has 2 aliphatic heterocycles. The van der Waals surface area contributed by atoms with Crippen molar-refractivity contribution in [3.05, 3.63) is 0 Å². The smallest absolute Gasteiger partial charge is 0.305 e. The number of rotatable bonds is 7. The van der Waals surface area contributed by atoms with Gasteiger partial charge >= 0.3 is 5.97 Å². The molecule has 1 unspecified atom stereocenters. The molecule has 0 aromatic rings. The van der Waals surface area contributed by atoms with Crippen molar-refractivity contribution < 1.29 is 9.53 Å². The molecule has 116 valence electrons. The summed E-state index contributed by atoms with van der Waals surface area (Å²) in [4.78, 5) is 16.6. The second kappa shape index (κ2) is 8.63. The van der Waals surface area contributed by atoms with Gasteiger partial charge < -0.3 is 9.64 Å². The number of ether oxygens (including phenoxy) is 1. The second-order valence-corrected chi connectivity index (χ2v) is 6.10. The molecule has 0 amide bonds. The lowest BCUT2D eigenvalue weighted by molar-refractivity contribution is -0.143. The topological polar surface area (TPSA) is 32.8 Å². The molecule has 4 nitrogen and oxygen atoms in total. The molecule has 2 aliphatic rings. The molecule has 0 bridgehead atoms. The molecule has 2 saturated heterocycles. The number of carbonyl (C=O) groups excluding carboxylic acids is 1. The predicted octanol–water partition coefficient (Wildman–Crippen LogP) is 2.28. The quantitative estimate of drug-likeness (QED) is 0.530. The van der Waals surface area contributed by atoms with Gasteiger partial charge in [0, 0.05) is 19.0 Å². The zero-order valence-electron chi connectivity index (χ0n) is 13.0. The maximum atomic E-state index is 11.2. The fraction of sp³-hybridized carbons (Fsp3) is 0.938. The number of esters is 1. The molecule has 2 rings (SSSR count). The van der Waals surface area contributed by atoms with Crippen LogP contribution in [0.5, 0.6) is 0 Å². The van der Waals surface area contributed by atoms with E-state index < -0.39 is 0 Å². The Balaban J connectivity index is 1.56. The molecule has 20 heavy (non-hydrogen) atoms. The van der Waals surface area contributed by atoms with E-state index in [1.165, 1.54) is 58.4 Å². The highest BCUT2D eigenvalue weighted by Crippen LogP contribution is 2.21. The molecule has 0 aromatic heterocycles. The van der Waals surface area contributed by atoms with Gasteiger partial charge in [-0.2, -0.15) is 0 Å². The van der Waals surface area contributed by atoms with Crippen LogP contribution < -0.4 is 0 Å². The monoisotopic (exact) mass is 282 g/mol. The van der Waals surface area contributed by atoms with Crippen molar-refractivity contribution in [2.24, 2.45) is 0 Å². The highest BCUT2D eigenvalue weighted by atomic mass is 16.5. The Morgan fingerprint density at radius 3 is 2.85 bits per heavy atom. The molecule has 2 fully saturated rings. The summed E-state index contributed by atoms with van der Waals surface area (Å²) in [7, 11) is 0.